The second kappa shape index (κ2) is 4.15. The molecule has 2 N–H and O–H groups in total. The van der Waals surface area contributed by atoms with Gasteiger partial charge in [-0.25, -0.2) is 0 Å². The van der Waals surface area contributed by atoms with Gasteiger partial charge in [0, 0.05) is 6.04 Å². The Labute approximate surface area is 105 Å². The highest BCUT2D eigenvalue weighted by Gasteiger charge is 2.42. The van der Waals surface area contributed by atoms with Crippen molar-refractivity contribution >= 4 is 11.4 Å². The molecule has 96 valence electrons. The van der Waals surface area contributed by atoms with E-state index in [2.05, 4.69) is 5.32 Å². The molecular weight excluding hydrogens is 232 g/mol. The highest BCUT2D eigenvalue weighted by Crippen LogP contribution is 2.46. The third-order valence-corrected chi connectivity index (χ3v) is 3.76. The average molecular weight is 248 g/mol. The van der Waals surface area contributed by atoms with E-state index in [1.54, 1.807) is 6.07 Å². The number of nitro benzene ring substituents is 1. The maximum atomic E-state index is 11.0. The maximum Gasteiger partial charge on any atom is 0.296 e. The second-order valence-corrected chi connectivity index (χ2v) is 5.30. The fourth-order valence-electron chi connectivity index (χ4n) is 2.50. The van der Waals surface area contributed by atoms with Gasteiger partial charge in [-0.15, -0.1) is 0 Å². The first-order valence-corrected chi connectivity index (χ1v) is 6.39. The lowest BCUT2D eigenvalue weighted by molar-refractivity contribution is -0.384. The highest BCUT2D eigenvalue weighted by atomic mass is 16.6. The van der Waals surface area contributed by atoms with Gasteiger partial charge in [0.2, 0.25) is 0 Å². The van der Waals surface area contributed by atoms with Crippen LogP contribution in [0, 0.1) is 22.0 Å². The van der Waals surface area contributed by atoms with Gasteiger partial charge in [0.25, 0.3) is 5.69 Å². The molecule has 0 spiro atoms. The van der Waals surface area contributed by atoms with Crippen molar-refractivity contribution in [2.45, 2.75) is 31.7 Å². The summed E-state index contributed by atoms with van der Waals surface area (Å²) in [6, 6.07) is 4.67. The van der Waals surface area contributed by atoms with E-state index in [9.17, 15) is 15.2 Å². The average Bonchev–Trinajstić information content (AvgIpc) is 3.19. The molecule has 0 unspecified atom stereocenters. The van der Waals surface area contributed by atoms with E-state index < -0.39 is 4.92 Å². The molecule has 0 aliphatic heterocycles. The van der Waals surface area contributed by atoms with E-state index >= 15 is 0 Å². The molecule has 5 heteroatoms. The van der Waals surface area contributed by atoms with Gasteiger partial charge in [-0.1, -0.05) is 0 Å². The van der Waals surface area contributed by atoms with Gasteiger partial charge in [0.05, 0.1) is 11.0 Å². The SMILES string of the molecule is O=[N+]([O-])c1cc(O)ccc1NC(C1CC1)C1CC1. The van der Waals surface area contributed by atoms with E-state index in [0.29, 0.717) is 23.6 Å². The Morgan fingerprint density at radius 1 is 1.28 bits per heavy atom. The van der Waals surface area contributed by atoms with Crippen LogP contribution in [0.25, 0.3) is 0 Å². The molecule has 2 aliphatic rings. The Kier molecular flexibility index (Phi) is 2.61. The maximum absolute atomic E-state index is 11.0. The molecule has 2 saturated carbocycles. The van der Waals surface area contributed by atoms with Crippen LogP contribution < -0.4 is 5.32 Å². The molecule has 0 atom stereocenters. The molecule has 0 radical (unpaired) electrons. The number of hydrogen-bond donors (Lipinski definition) is 2. The van der Waals surface area contributed by atoms with Gasteiger partial charge in [-0.2, -0.15) is 0 Å². The molecule has 5 nitrogen and oxygen atoms in total. The van der Waals surface area contributed by atoms with Crippen molar-refractivity contribution in [2.75, 3.05) is 5.32 Å². The van der Waals surface area contributed by atoms with Crippen LogP contribution in [0.3, 0.4) is 0 Å². The molecular formula is C13H16N2O3. The Bertz CT molecular complexity index is 469. The van der Waals surface area contributed by atoms with Gasteiger partial charge in [0.15, 0.2) is 0 Å². The zero-order chi connectivity index (χ0) is 12.7. The summed E-state index contributed by atoms with van der Waals surface area (Å²) >= 11 is 0. The van der Waals surface area contributed by atoms with Crippen LogP contribution >= 0.6 is 0 Å². The number of aromatic hydroxyl groups is 1. The first-order chi connectivity index (χ1) is 8.65. The van der Waals surface area contributed by atoms with Crippen LogP contribution in [0.5, 0.6) is 5.75 Å². The molecule has 1 aromatic carbocycles. The number of hydrogen-bond acceptors (Lipinski definition) is 4. The predicted molar refractivity (Wildman–Crippen MR) is 67.6 cm³/mol. The summed E-state index contributed by atoms with van der Waals surface area (Å²) in [4.78, 5) is 10.5. The summed E-state index contributed by atoms with van der Waals surface area (Å²) in [5.74, 6) is 1.28. The third-order valence-electron chi connectivity index (χ3n) is 3.76. The van der Waals surface area contributed by atoms with E-state index in [1.165, 1.54) is 37.8 Å². The zero-order valence-electron chi connectivity index (χ0n) is 10.0. The Balaban J connectivity index is 1.84. The van der Waals surface area contributed by atoms with Gasteiger partial charge in [-0.05, 0) is 49.7 Å². The number of phenolic OH excluding ortho intramolecular Hbond substituents is 1. The minimum Gasteiger partial charge on any atom is -0.508 e. The summed E-state index contributed by atoms with van der Waals surface area (Å²) in [5.41, 5.74) is 0.489. The monoisotopic (exact) mass is 248 g/mol. The van der Waals surface area contributed by atoms with Gasteiger partial charge in [-0.3, -0.25) is 10.1 Å². The lowest BCUT2D eigenvalue weighted by Gasteiger charge is -2.18. The number of nitro groups is 1. The topological polar surface area (TPSA) is 75.4 Å². The number of nitrogens with one attached hydrogen (secondary N) is 1. The molecule has 2 fully saturated rings. The summed E-state index contributed by atoms with van der Waals surface area (Å²) < 4.78 is 0. The third kappa shape index (κ3) is 2.25. The van der Waals surface area contributed by atoms with E-state index in [-0.39, 0.29) is 11.4 Å². The Morgan fingerprint density at radius 3 is 2.39 bits per heavy atom. The molecule has 2 aliphatic carbocycles. The number of benzene rings is 1. The predicted octanol–water partition coefficient (Wildman–Crippen LogP) is 2.90. The minimum atomic E-state index is -0.446. The van der Waals surface area contributed by atoms with E-state index in [4.69, 9.17) is 0 Å². The van der Waals surface area contributed by atoms with Crippen LogP contribution in [0.15, 0.2) is 18.2 Å². The van der Waals surface area contributed by atoms with Crippen molar-refractivity contribution < 1.29 is 10.0 Å². The van der Waals surface area contributed by atoms with Crippen molar-refractivity contribution in [3.8, 4) is 5.75 Å². The van der Waals surface area contributed by atoms with Gasteiger partial charge < -0.3 is 10.4 Å². The number of rotatable bonds is 5. The Morgan fingerprint density at radius 2 is 1.89 bits per heavy atom. The lowest BCUT2D eigenvalue weighted by Crippen LogP contribution is -2.24. The molecule has 1 aromatic rings. The minimum absolute atomic E-state index is 0.0405. The van der Waals surface area contributed by atoms with E-state index in [1.807, 2.05) is 0 Å². The quantitative estimate of drug-likeness (QED) is 0.477. The van der Waals surface area contributed by atoms with Crippen molar-refractivity contribution in [3.05, 3.63) is 28.3 Å². The lowest BCUT2D eigenvalue weighted by atomic mass is 10.1. The molecule has 0 heterocycles. The Hall–Kier alpha value is -1.78. The van der Waals surface area contributed by atoms with Crippen LogP contribution in [0.4, 0.5) is 11.4 Å². The molecule has 3 rings (SSSR count). The van der Waals surface area contributed by atoms with Crippen molar-refractivity contribution in [2.24, 2.45) is 11.8 Å². The first-order valence-electron chi connectivity index (χ1n) is 6.39. The molecule has 0 amide bonds. The second-order valence-electron chi connectivity index (χ2n) is 5.30. The zero-order valence-corrected chi connectivity index (χ0v) is 10.0. The number of anilines is 1. The molecule has 18 heavy (non-hydrogen) atoms. The number of phenols is 1. The fraction of sp³-hybridized carbons (Fsp3) is 0.538. The van der Waals surface area contributed by atoms with Crippen LogP contribution in [-0.2, 0) is 0 Å². The van der Waals surface area contributed by atoms with Crippen molar-refractivity contribution in [3.63, 3.8) is 0 Å². The molecule has 0 saturated heterocycles. The van der Waals surface area contributed by atoms with E-state index in [0.717, 1.165) is 0 Å². The summed E-state index contributed by atoms with van der Waals surface area (Å²) in [6.45, 7) is 0. The van der Waals surface area contributed by atoms with Crippen LogP contribution in [0.1, 0.15) is 25.7 Å². The van der Waals surface area contributed by atoms with Crippen molar-refractivity contribution in [1.82, 2.24) is 0 Å². The summed E-state index contributed by atoms with van der Waals surface area (Å²) in [7, 11) is 0. The molecule has 0 aromatic heterocycles. The van der Waals surface area contributed by atoms with Gasteiger partial charge >= 0.3 is 0 Å². The largest absolute Gasteiger partial charge is 0.508 e. The van der Waals surface area contributed by atoms with Crippen molar-refractivity contribution in [1.29, 1.82) is 0 Å². The molecule has 0 bridgehead atoms. The smallest absolute Gasteiger partial charge is 0.296 e. The summed E-state index contributed by atoms with van der Waals surface area (Å²) in [5, 5.41) is 23.6. The van der Waals surface area contributed by atoms with Gasteiger partial charge in [0.1, 0.15) is 11.4 Å². The summed E-state index contributed by atoms with van der Waals surface area (Å²) in [6.07, 6.45) is 4.89. The number of nitrogens with zero attached hydrogens (tertiary/aromatic N) is 1. The standard InChI is InChI=1S/C13H16N2O3/c16-10-5-6-11(12(7-10)15(17)18)14-13(8-1-2-8)9-3-4-9/h5-9,13-14,16H,1-4H2. The van der Waals surface area contributed by atoms with Crippen LogP contribution in [-0.4, -0.2) is 16.1 Å². The van der Waals surface area contributed by atoms with Crippen LogP contribution in [0.2, 0.25) is 0 Å². The fourth-order valence-corrected chi connectivity index (χ4v) is 2.50. The first kappa shape index (κ1) is 11.3. The highest BCUT2D eigenvalue weighted by molar-refractivity contribution is 5.64. The normalized spacial score (nSPS) is 18.9.